The van der Waals surface area contributed by atoms with Crippen LogP contribution in [-0.2, 0) is 27.2 Å². The van der Waals surface area contributed by atoms with Crippen LogP contribution in [0.25, 0.3) is 21.5 Å². The van der Waals surface area contributed by atoms with Crippen LogP contribution in [0.2, 0.25) is 0 Å². The summed E-state index contributed by atoms with van der Waals surface area (Å²) in [5.41, 5.74) is 7.27. The summed E-state index contributed by atoms with van der Waals surface area (Å²) in [5.74, 6) is -2.02. The van der Waals surface area contributed by atoms with E-state index in [1.807, 2.05) is 48.5 Å². The minimum absolute atomic E-state index is 0.133. The molecule has 0 unspecified atom stereocenters. The average Bonchev–Trinajstić information content (AvgIpc) is 2.83. The highest BCUT2D eigenvalue weighted by Crippen LogP contribution is 2.29. The van der Waals surface area contributed by atoms with Gasteiger partial charge < -0.3 is 16.4 Å². The third-order valence-electron chi connectivity index (χ3n) is 6.00. The second kappa shape index (κ2) is 10.3. The molecule has 0 heterocycles. The van der Waals surface area contributed by atoms with E-state index in [1.54, 1.807) is 12.1 Å². The molecule has 0 aliphatic heterocycles. The summed E-state index contributed by atoms with van der Waals surface area (Å²) < 4.78 is 13.3. The van der Waals surface area contributed by atoms with E-state index >= 15 is 0 Å². The maximum absolute atomic E-state index is 13.3. The quantitative estimate of drug-likeness (QED) is 0.343. The number of nitrogens with one attached hydrogen (secondary N) is 2. The van der Waals surface area contributed by atoms with Crippen molar-refractivity contribution in [1.29, 1.82) is 0 Å². The fourth-order valence-electron chi connectivity index (χ4n) is 4.34. The Labute approximate surface area is 202 Å². The molecule has 0 spiro atoms. The van der Waals surface area contributed by atoms with Crippen molar-refractivity contribution in [3.8, 4) is 0 Å². The molecule has 0 fully saturated rings. The number of amides is 3. The second-order valence-corrected chi connectivity index (χ2v) is 8.55. The zero-order chi connectivity index (χ0) is 24.9. The molecule has 178 valence electrons. The van der Waals surface area contributed by atoms with E-state index in [1.165, 1.54) is 19.1 Å². The van der Waals surface area contributed by atoms with Crippen LogP contribution in [0.3, 0.4) is 0 Å². The van der Waals surface area contributed by atoms with E-state index in [0.717, 1.165) is 27.1 Å². The number of nitrogens with two attached hydrogens (primary N) is 1. The number of benzene rings is 4. The highest BCUT2D eigenvalue weighted by atomic mass is 19.1. The Morgan fingerprint density at radius 2 is 1.37 bits per heavy atom. The first-order chi connectivity index (χ1) is 16.8. The lowest BCUT2D eigenvalue weighted by Crippen LogP contribution is -2.54. The Morgan fingerprint density at radius 3 is 1.91 bits per heavy atom. The van der Waals surface area contributed by atoms with Crippen molar-refractivity contribution in [2.75, 3.05) is 0 Å². The van der Waals surface area contributed by atoms with Gasteiger partial charge in [0.15, 0.2) is 0 Å². The summed E-state index contributed by atoms with van der Waals surface area (Å²) >= 11 is 0. The number of halogens is 1. The Hall–Kier alpha value is -4.26. The molecule has 0 saturated heterocycles. The molecule has 6 nitrogen and oxygen atoms in total. The summed E-state index contributed by atoms with van der Waals surface area (Å²) in [6, 6.07) is 21.5. The molecular weight excluding hydrogens is 445 g/mol. The largest absolute Gasteiger partial charge is 0.368 e. The van der Waals surface area contributed by atoms with Crippen molar-refractivity contribution < 1.29 is 18.8 Å². The minimum atomic E-state index is -0.999. The van der Waals surface area contributed by atoms with Crippen LogP contribution >= 0.6 is 0 Å². The van der Waals surface area contributed by atoms with Crippen LogP contribution in [0.15, 0.2) is 78.9 Å². The molecule has 4 rings (SSSR count). The zero-order valence-electron chi connectivity index (χ0n) is 19.3. The number of carbonyl (C=O) groups excluding carboxylic acids is 3. The van der Waals surface area contributed by atoms with Crippen LogP contribution < -0.4 is 16.4 Å². The summed E-state index contributed by atoms with van der Waals surface area (Å²) in [6.07, 6.45) is 0.320. The van der Waals surface area contributed by atoms with E-state index < -0.39 is 35.6 Å². The topological polar surface area (TPSA) is 101 Å². The van der Waals surface area contributed by atoms with Gasteiger partial charge in [0.1, 0.15) is 17.9 Å². The van der Waals surface area contributed by atoms with E-state index in [2.05, 4.69) is 16.7 Å². The van der Waals surface area contributed by atoms with Crippen molar-refractivity contribution in [1.82, 2.24) is 10.6 Å². The summed E-state index contributed by atoms with van der Waals surface area (Å²) in [6.45, 7) is 1.30. The number of primary amides is 1. The Balaban J connectivity index is 1.64. The highest BCUT2D eigenvalue weighted by molar-refractivity contribution is 6.03. The first-order valence-electron chi connectivity index (χ1n) is 11.3. The number of carbonyl (C=O) groups is 3. The lowest BCUT2D eigenvalue weighted by atomic mass is 9.92. The van der Waals surface area contributed by atoms with Crippen molar-refractivity contribution in [2.24, 2.45) is 5.73 Å². The van der Waals surface area contributed by atoms with Gasteiger partial charge in [0.25, 0.3) is 0 Å². The van der Waals surface area contributed by atoms with Gasteiger partial charge in [-0.3, -0.25) is 14.4 Å². The van der Waals surface area contributed by atoms with E-state index in [4.69, 9.17) is 5.73 Å². The molecular formula is C28H26FN3O3. The third kappa shape index (κ3) is 5.63. The summed E-state index contributed by atoms with van der Waals surface area (Å²) in [4.78, 5) is 37.4. The van der Waals surface area contributed by atoms with Gasteiger partial charge in [0.2, 0.25) is 17.7 Å². The normalized spacial score (nSPS) is 12.7. The number of rotatable bonds is 8. The third-order valence-corrected chi connectivity index (χ3v) is 6.00. The van der Waals surface area contributed by atoms with Gasteiger partial charge in [0.05, 0.1) is 0 Å². The minimum Gasteiger partial charge on any atom is -0.368 e. The molecule has 4 aromatic carbocycles. The molecule has 2 atom stereocenters. The molecule has 4 N–H and O–H groups in total. The lowest BCUT2D eigenvalue weighted by Gasteiger charge is -2.23. The molecule has 35 heavy (non-hydrogen) atoms. The van der Waals surface area contributed by atoms with Gasteiger partial charge in [-0.2, -0.15) is 0 Å². The molecule has 0 aliphatic rings. The van der Waals surface area contributed by atoms with Crippen LogP contribution in [0.4, 0.5) is 4.39 Å². The molecule has 4 aromatic rings. The first kappa shape index (κ1) is 23.9. The van der Waals surface area contributed by atoms with Gasteiger partial charge in [0, 0.05) is 19.8 Å². The predicted octanol–water partition coefficient (Wildman–Crippen LogP) is 3.39. The van der Waals surface area contributed by atoms with Gasteiger partial charge in [-0.15, -0.1) is 0 Å². The van der Waals surface area contributed by atoms with Gasteiger partial charge in [-0.25, -0.2) is 4.39 Å². The van der Waals surface area contributed by atoms with Crippen molar-refractivity contribution in [3.05, 3.63) is 95.8 Å². The molecule has 0 aromatic heterocycles. The number of fused-ring (bicyclic) bond motifs is 2. The molecule has 0 bridgehead atoms. The van der Waals surface area contributed by atoms with Crippen molar-refractivity contribution >= 4 is 39.3 Å². The molecule has 3 amide bonds. The SMILES string of the molecule is CC(=O)N[C@@H](Cc1ccc(F)cc1)C(=O)N[C@H](Cc1c2ccccc2cc2ccccc12)C(N)=O. The average molecular weight is 472 g/mol. The maximum atomic E-state index is 13.3. The van der Waals surface area contributed by atoms with Crippen molar-refractivity contribution in [2.45, 2.75) is 31.8 Å². The van der Waals surface area contributed by atoms with Gasteiger partial charge in [-0.1, -0.05) is 60.7 Å². The van der Waals surface area contributed by atoms with E-state index in [-0.39, 0.29) is 12.8 Å². The first-order valence-corrected chi connectivity index (χ1v) is 11.3. The lowest BCUT2D eigenvalue weighted by molar-refractivity contribution is -0.130. The molecule has 7 heteroatoms. The van der Waals surface area contributed by atoms with Crippen LogP contribution in [0.1, 0.15) is 18.1 Å². The zero-order valence-corrected chi connectivity index (χ0v) is 19.3. The van der Waals surface area contributed by atoms with Gasteiger partial charge in [-0.05, 0) is 50.9 Å². The standard InChI is InChI=1S/C28H26FN3O3/c1-17(33)31-26(14-18-10-12-21(29)13-11-18)28(35)32-25(27(30)34)16-24-22-8-4-2-6-19(22)15-20-7-3-5-9-23(20)24/h2-13,15,25-26H,14,16H2,1H3,(H2,30,34)(H,31,33)(H,32,35)/t25-,26+/m1/s1. The maximum Gasteiger partial charge on any atom is 0.243 e. The predicted molar refractivity (Wildman–Crippen MR) is 134 cm³/mol. The van der Waals surface area contributed by atoms with Crippen molar-refractivity contribution in [3.63, 3.8) is 0 Å². The monoisotopic (exact) mass is 471 g/mol. The molecule has 0 radical (unpaired) electrons. The second-order valence-electron chi connectivity index (χ2n) is 8.55. The fourth-order valence-corrected chi connectivity index (χ4v) is 4.34. The smallest absolute Gasteiger partial charge is 0.243 e. The van der Waals surface area contributed by atoms with Gasteiger partial charge >= 0.3 is 0 Å². The van der Waals surface area contributed by atoms with Crippen LogP contribution in [0, 0.1) is 5.82 Å². The number of hydrogen-bond donors (Lipinski definition) is 3. The van der Waals surface area contributed by atoms with E-state index in [0.29, 0.717) is 5.56 Å². The number of hydrogen-bond acceptors (Lipinski definition) is 3. The van der Waals surface area contributed by atoms with E-state index in [9.17, 15) is 18.8 Å². The summed E-state index contributed by atoms with van der Waals surface area (Å²) in [7, 11) is 0. The Bertz CT molecular complexity index is 1350. The highest BCUT2D eigenvalue weighted by Gasteiger charge is 2.26. The Morgan fingerprint density at radius 1 is 0.800 bits per heavy atom. The molecule has 0 aliphatic carbocycles. The summed E-state index contributed by atoms with van der Waals surface area (Å²) in [5, 5.41) is 9.31. The fraction of sp³-hybridized carbons (Fsp3) is 0.179. The van der Waals surface area contributed by atoms with Crippen LogP contribution in [0.5, 0.6) is 0 Å². The van der Waals surface area contributed by atoms with Crippen LogP contribution in [-0.4, -0.2) is 29.8 Å². The molecule has 0 saturated carbocycles. The Kier molecular flexibility index (Phi) is 7.06.